The highest BCUT2D eigenvalue weighted by molar-refractivity contribution is 5.81. The van der Waals surface area contributed by atoms with Gasteiger partial charge in [-0.15, -0.1) is 0 Å². The molecule has 0 aromatic carbocycles. The zero-order chi connectivity index (χ0) is 9.42. The van der Waals surface area contributed by atoms with Crippen LogP contribution in [0.5, 0.6) is 0 Å². The van der Waals surface area contributed by atoms with Crippen LogP contribution in [0.2, 0.25) is 0 Å². The molecule has 0 saturated heterocycles. The van der Waals surface area contributed by atoms with Gasteiger partial charge in [0.1, 0.15) is 5.76 Å². The molecule has 0 radical (unpaired) electrons. The highest BCUT2D eigenvalue weighted by Gasteiger charge is 2.12. The Kier molecular flexibility index (Phi) is 1.65. The molecular weight excluding hydrogens is 170 g/mol. The fourth-order valence-electron chi connectivity index (χ4n) is 1.35. The van der Waals surface area contributed by atoms with Gasteiger partial charge < -0.3 is 4.52 Å². The Morgan fingerprint density at radius 3 is 3.00 bits per heavy atom. The molecule has 0 atom stereocenters. The molecule has 68 valence electrons. The molecule has 0 bridgehead atoms. The van der Waals surface area contributed by atoms with E-state index in [1.165, 1.54) is 0 Å². The van der Waals surface area contributed by atoms with E-state index in [0.29, 0.717) is 11.3 Å². The molecule has 1 N–H and O–H groups in total. The summed E-state index contributed by atoms with van der Waals surface area (Å²) in [6.07, 6.45) is 0.745. The smallest absolute Gasteiger partial charge is 0.294 e. The van der Waals surface area contributed by atoms with Gasteiger partial charge in [0.05, 0.1) is 11.1 Å². The number of aryl methyl sites for hydroxylation is 2. The molecule has 5 heteroatoms. The van der Waals surface area contributed by atoms with Crippen LogP contribution in [-0.2, 0) is 6.42 Å². The average Bonchev–Trinajstić information content (AvgIpc) is 2.51. The second kappa shape index (κ2) is 2.69. The third-order valence-corrected chi connectivity index (χ3v) is 1.99. The molecule has 0 unspecified atom stereocenters. The minimum atomic E-state index is -0.302. The van der Waals surface area contributed by atoms with Gasteiger partial charge in [-0.3, -0.25) is 4.79 Å². The fraction of sp³-hybridized carbons (Fsp3) is 0.375. The molecule has 2 rings (SSSR count). The number of nitrogens with one attached hydrogen (secondary N) is 1. The van der Waals surface area contributed by atoms with Crippen LogP contribution in [0.15, 0.2) is 9.32 Å². The number of fused-ring (bicyclic) bond motifs is 1. The summed E-state index contributed by atoms with van der Waals surface area (Å²) in [5.74, 6) is 0.644. The van der Waals surface area contributed by atoms with Crippen LogP contribution in [0.4, 0.5) is 0 Å². The van der Waals surface area contributed by atoms with Gasteiger partial charge in [-0.1, -0.05) is 12.1 Å². The molecule has 0 aliphatic heterocycles. The van der Waals surface area contributed by atoms with Gasteiger partial charge >= 0.3 is 0 Å². The lowest BCUT2D eigenvalue weighted by molar-refractivity contribution is 0.405. The van der Waals surface area contributed by atoms with E-state index >= 15 is 0 Å². The van der Waals surface area contributed by atoms with Crippen molar-refractivity contribution in [2.75, 3.05) is 0 Å². The Labute approximate surface area is 73.7 Å². The molecular formula is C8H9N3O2. The first-order valence-corrected chi connectivity index (χ1v) is 4.07. The summed E-state index contributed by atoms with van der Waals surface area (Å²) in [4.78, 5) is 11.2. The maximum Gasteiger partial charge on any atom is 0.294 e. The lowest BCUT2D eigenvalue weighted by Gasteiger charge is -1.94. The maximum absolute atomic E-state index is 11.2. The molecule has 13 heavy (non-hydrogen) atoms. The van der Waals surface area contributed by atoms with E-state index in [-0.39, 0.29) is 5.56 Å². The Balaban J connectivity index is 2.96. The van der Waals surface area contributed by atoms with Crippen LogP contribution < -0.4 is 5.56 Å². The van der Waals surface area contributed by atoms with Crippen LogP contribution in [0, 0.1) is 6.92 Å². The largest absolute Gasteiger partial charge is 0.360 e. The van der Waals surface area contributed by atoms with Crippen molar-refractivity contribution in [2.24, 2.45) is 0 Å². The molecule has 2 heterocycles. The van der Waals surface area contributed by atoms with Crippen LogP contribution in [-0.4, -0.2) is 15.4 Å². The second-order valence-electron chi connectivity index (χ2n) is 2.82. The Morgan fingerprint density at radius 1 is 1.54 bits per heavy atom. The van der Waals surface area contributed by atoms with E-state index in [1.54, 1.807) is 6.92 Å². The van der Waals surface area contributed by atoms with Crippen LogP contribution in [0.25, 0.3) is 10.9 Å². The lowest BCUT2D eigenvalue weighted by Crippen LogP contribution is -2.10. The van der Waals surface area contributed by atoms with Gasteiger partial charge in [0.15, 0.2) is 5.52 Å². The minimum Gasteiger partial charge on any atom is -0.360 e. The number of aromatic nitrogens is 3. The molecule has 0 aliphatic rings. The average molecular weight is 179 g/mol. The Hall–Kier alpha value is -1.65. The topological polar surface area (TPSA) is 71.8 Å². The first-order valence-electron chi connectivity index (χ1n) is 4.07. The van der Waals surface area contributed by atoms with Crippen molar-refractivity contribution in [3.8, 4) is 0 Å². The van der Waals surface area contributed by atoms with Crippen molar-refractivity contribution < 1.29 is 4.52 Å². The van der Waals surface area contributed by atoms with Crippen molar-refractivity contribution >= 4 is 10.9 Å². The maximum atomic E-state index is 11.2. The zero-order valence-corrected chi connectivity index (χ0v) is 7.42. The summed E-state index contributed by atoms with van der Waals surface area (Å²) in [7, 11) is 0. The molecule has 0 saturated carbocycles. The van der Waals surface area contributed by atoms with Crippen LogP contribution in [0.1, 0.15) is 18.4 Å². The highest BCUT2D eigenvalue weighted by Crippen LogP contribution is 2.16. The predicted molar refractivity (Wildman–Crippen MR) is 46.5 cm³/mol. The van der Waals surface area contributed by atoms with Gasteiger partial charge in [0.25, 0.3) is 5.56 Å². The standard InChI is InChI=1S/C8H9N3O2/c1-3-5-6-4(2)13-11-7(6)8(12)10-9-5/h3H2,1-2H3,(H,10,12). The third kappa shape index (κ3) is 1.04. The first-order chi connectivity index (χ1) is 6.24. The van der Waals surface area contributed by atoms with Gasteiger partial charge in [-0.25, -0.2) is 5.10 Å². The number of rotatable bonds is 1. The zero-order valence-electron chi connectivity index (χ0n) is 7.42. The van der Waals surface area contributed by atoms with Gasteiger partial charge in [-0.2, -0.15) is 5.10 Å². The number of H-pyrrole nitrogens is 1. The van der Waals surface area contributed by atoms with Gasteiger partial charge in [-0.05, 0) is 13.3 Å². The summed E-state index contributed by atoms with van der Waals surface area (Å²) in [6.45, 7) is 3.74. The molecule has 0 spiro atoms. The van der Waals surface area contributed by atoms with Gasteiger partial charge in [0.2, 0.25) is 0 Å². The molecule has 2 aromatic heterocycles. The summed E-state index contributed by atoms with van der Waals surface area (Å²) in [5, 5.41) is 10.7. The monoisotopic (exact) mass is 179 g/mol. The summed E-state index contributed by atoms with van der Waals surface area (Å²) >= 11 is 0. The lowest BCUT2D eigenvalue weighted by atomic mass is 10.2. The number of nitrogens with zero attached hydrogens (tertiary/aromatic N) is 2. The molecule has 2 aromatic rings. The van der Waals surface area contributed by atoms with Crippen molar-refractivity contribution in [1.29, 1.82) is 0 Å². The fourth-order valence-corrected chi connectivity index (χ4v) is 1.35. The third-order valence-electron chi connectivity index (χ3n) is 1.99. The van der Waals surface area contributed by atoms with E-state index in [1.807, 2.05) is 6.92 Å². The summed E-state index contributed by atoms with van der Waals surface area (Å²) < 4.78 is 4.93. The second-order valence-corrected chi connectivity index (χ2v) is 2.82. The van der Waals surface area contributed by atoms with Crippen LogP contribution >= 0.6 is 0 Å². The minimum absolute atomic E-state index is 0.302. The highest BCUT2D eigenvalue weighted by atomic mass is 16.5. The number of hydrogen-bond donors (Lipinski definition) is 1. The number of aromatic amines is 1. The normalized spacial score (nSPS) is 10.9. The Bertz CT molecular complexity index is 498. The molecule has 0 fully saturated rings. The van der Waals surface area contributed by atoms with E-state index < -0.39 is 0 Å². The van der Waals surface area contributed by atoms with Crippen molar-refractivity contribution in [1.82, 2.24) is 15.4 Å². The molecule has 0 aliphatic carbocycles. The van der Waals surface area contributed by atoms with Crippen LogP contribution in [0.3, 0.4) is 0 Å². The Morgan fingerprint density at radius 2 is 2.31 bits per heavy atom. The van der Waals surface area contributed by atoms with E-state index in [0.717, 1.165) is 17.5 Å². The van der Waals surface area contributed by atoms with E-state index in [2.05, 4.69) is 15.4 Å². The SMILES string of the molecule is CCc1n[nH]c(=O)c2noc(C)c12. The molecule has 5 nitrogen and oxygen atoms in total. The van der Waals surface area contributed by atoms with Crippen molar-refractivity contribution in [2.45, 2.75) is 20.3 Å². The van der Waals surface area contributed by atoms with Crippen molar-refractivity contribution in [3.63, 3.8) is 0 Å². The van der Waals surface area contributed by atoms with Gasteiger partial charge in [0, 0.05) is 0 Å². The predicted octanol–water partition coefficient (Wildman–Crippen LogP) is 0.782. The summed E-state index contributed by atoms with van der Waals surface area (Å²) in [5.41, 5.74) is 0.849. The first kappa shape index (κ1) is 7.97. The van der Waals surface area contributed by atoms with E-state index in [4.69, 9.17) is 4.52 Å². The van der Waals surface area contributed by atoms with Crippen molar-refractivity contribution in [3.05, 3.63) is 21.8 Å². The molecule has 0 amide bonds. The number of hydrogen-bond acceptors (Lipinski definition) is 4. The summed E-state index contributed by atoms with van der Waals surface area (Å²) in [6, 6.07) is 0. The quantitative estimate of drug-likeness (QED) is 0.702. The van der Waals surface area contributed by atoms with E-state index in [9.17, 15) is 4.79 Å².